The largest absolute Gasteiger partial charge is 0.361 e. The Bertz CT molecular complexity index is 802. The van der Waals surface area contributed by atoms with Gasteiger partial charge in [0, 0.05) is 30.3 Å². The fraction of sp³-hybridized carbons (Fsp3) is 0.455. The van der Waals surface area contributed by atoms with Gasteiger partial charge < -0.3 is 15.0 Å². The summed E-state index contributed by atoms with van der Waals surface area (Å²) in [6.45, 7) is 6.88. The van der Waals surface area contributed by atoms with Crippen molar-refractivity contribution in [2.45, 2.75) is 45.3 Å². The maximum atomic E-state index is 13.1. The van der Waals surface area contributed by atoms with Crippen molar-refractivity contribution in [1.82, 2.24) is 10.2 Å². The van der Waals surface area contributed by atoms with Crippen molar-refractivity contribution < 1.29 is 14.3 Å². The molecule has 0 radical (unpaired) electrons. The van der Waals surface area contributed by atoms with Crippen molar-refractivity contribution in [3.63, 3.8) is 0 Å². The number of benzene rings is 1. The molecule has 0 saturated carbocycles. The second-order valence-electron chi connectivity index (χ2n) is 7.49. The van der Waals surface area contributed by atoms with Crippen LogP contribution in [0.1, 0.15) is 32.8 Å². The quantitative estimate of drug-likeness (QED) is 0.808. The van der Waals surface area contributed by atoms with Crippen molar-refractivity contribution in [3.05, 3.63) is 47.3 Å². The molecule has 28 heavy (non-hydrogen) atoms. The summed E-state index contributed by atoms with van der Waals surface area (Å²) in [6.07, 6.45) is 0.862. The van der Waals surface area contributed by atoms with Crippen molar-refractivity contribution in [2.75, 3.05) is 19.7 Å². The standard InChI is InChI=1S/C22H28N2O3S/c1-4-20(25)24-11-12-27-22(15-24,21(26)23-16(2)3)14-17-7-9-18(10-8-17)19-6-5-13-28-19/h5-10,13,16H,4,11-12,14-15H2,1-3H3,(H,23,26)/t22-/m0/s1. The molecule has 1 saturated heterocycles. The summed E-state index contributed by atoms with van der Waals surface area (Å²) in [5.41, 5.74) is 1.12. The van der Waals surface area contributed by atoms with Crippen molar-refractivity contribution in [2.24, 2.45) is 0 Å². The second-order valence-corrected chi connectivity index (χ2v) is 8.44. The van der Waals surface area contributed by atoms with Crippen LogP contribution in [0.4, 0.5) is 0 Å². The van der Waals surface area contributed by atoms with Gasteiger partial charge in [0.15, 0.2) is 5.60 Å². The number of rotatable bonds is 6. The van der Waals surface area contributed by atoms with Gasteiger partial charge in [-0.05, 0) is 36.4 Å². The highest BCUT2D eigenvalue weighted by Crippen LogP contribution is 2.28. The van der Waals surface area contributed by atoms with Gasteiger partial charge in [-0.1, -0.05) is 37.3 Å². The minimum atomic E-state index is -1.06. The summed E-state index contributed by atoms with van der Waals surface area (Å²) in [5.74, 6) is -0.100. The second kappa shape index (κ2) is 8.88. The first-order chi connectivity index (χ1) is 13.4. The van der Waals surface area contributed by atoms with Crippen LogP contribution in [-0.2, 0) is 20.7 Å². The third-order valence-electron chi connectivity index (χ3n) is 4.92. The molecule has 1 aliphatic heterocycles. The van der Waals surface area contributed by atoms with E-state index in [-0.39, 0.29) is 24.4 Å². The van der Waals surface area contributed by atoms with Crippen LogP contribution in [0.25, 0.3) is 10.4 Å². The maximum absolute atomic E-state index is 13.1. The molecular formula is C22H28N2O3S. The van der Waals surface area contributed by atoms with Crippen molar-refractivity contribution >= 4 is 23.2 Å². The van der Waals surface area contributed by atoms with E-state index in [0.717, 1.165) is 11.1 Å². The summed E-state index contributed by atoms with van der Waals surface area (Å²) in [4.78, 5) is 28.3. The smallest absolute Gasteiger partial charge is 0.254 e. The zero-order valence-electron chi connectivity index (χ0n) is 16.7. The summed E-state index contributed by atoms with van der Waals surface area (Å²) >= 11 is 1.70. The zero-order valence-corrected chi connectivity index (χ0v) is 17.6. The minimum absolute atomic E-state index is 0.00596. The summed E-state index contributed by atoms with van der Waals surface area (Å²) in [6, 6.07) is 12.4. The van der Waals surface area contributed by atoms with Crippen LogP contribution in [-0.4, -0.2) is 48.1 Å². The normalized spacial score (nSPS) is 19.6. The number of hydrogen-bond acceptors (Lipinski definition) is 4. The molecule has 2 heterocycles. The number of amides is 2. The van der Waals surface area contributed by atoms with Crippen LogP contribution in [0.15, 0.2) is 41.8 Å². The fourth-order valence-corrected chi connectivity index (χ4v) is 4.23. The van der Waals surface area contributed by atoms with E-state index >= 15 is 0 Å². The molecule has 1 atom stereocenters. The Kier molecular flexibility index (Phi) is 6.52. The van der Waals surface area contributed by atoms with Gasteiger partial charge in [0.1, 0.15) is 0 Å². The Labute approximate surface area is 170 Å². The summed E-state index contributed by atoms with van der Waals surface area (Å²) in [5, 5.41) is 5.04. The number of ether oxygens (including phenoxy) is 1. The average Bonchev–Trinajstić information content (AvgIpc) is 3.22. The Morgan fingerprint density at radius 1 is 1.25 bits per heavy atom. The van der Waals surface area contributed by atoms with Gasteiger partial charge in [-0.25, -0.2) is 0 Å². The lowest BCUT2D eigenvalue weighted by Gasteiger charge is -2.42. The van der Waals surface area contributed by atoms with Crippen LogP contribution in [0.3, 0.4) is 0 Å². The Balaban J connectivity index is 1.84. The molecule has 0 bridgehead atoms. The van der Waals surface area contributed by atoms with Crippen LogP contribution in [0, 0.1) is 0 Å². The lowest BCUT2D eigenvalue weighted by molar-refractivity contribution is -0.166. The molecule has 1 aromatic heterocycles. The topological polar surface area (TPSA) is 58.6 Å². The first kappa shape index (κ1) is 20.6. The van der Waals surface area contributed by atoms with Crippen LogP contribution in [0.2, 0.25) is 0 Å². The van der Waals surface area contributed by atoms with Crippen LogP contribution >= 0.6 is 11.3 Å². The number of nitrogens with one attached hydrogen (secondary N) is 1. The minimum Gasteiger partial charge on any atom is -0.361 e. The molecule has 150 valence electrons. The van der Waals surface area contributed by atoms with Gasteiger partial charge in [-0.2, -0.15) is 0 Å². The summed E-state index contributed by atoms with van der Waals surface area (Å²) in [7, 11) is 0. The van der Waals surface area contributed by atoms with Gasteiger partial charge in [0.2, 0.25) is 5.91 Å². The highest BCUT2D eigenvalue weighted by molar-refractivity contribution is 7.13. The highest BCUT2D eigenvalue weighted by atomic mass is 32.1. The molecule has 1 aliphatic rings. The van der Waals surface area contributed by atoms with Crippen LogP contribution in [0.5, 0.6) is 0 Å². The fourth-order valence-electron chi connectivity index (χ4n) is 3.50. The van der Waals surface area contributed by atoms with E-state index in [1.165, 1.54) is 4.88 Å². The molecule has 5 nitrogen and oxygen atoms in total. The van der Waals surface area contributed by atoms with E-state index < -0.39 is 5.60 Å². The van der Waals surface area contributed by atoms with E-state index in [2.05, 4.69) is 28.9 Å². The zero-order chi connectivity index (χ0) is 20.1. The number of morpholine rings is 1. The number of thiophene rings is 1. The van der Waals surface area contributed by atoms with E-state index in [0.29, 0.717) is 26.0 Å². The average molecular weight is 401 g/mol. The SMILES string of the molecule is CCC(=O)N1CCO[C@](Cc2ccc(-c3cccs3)cc2)(C(=O)NC(C)C)C1. The number of hydrogen-bond donors (Lipinski definition) is 1. The number of carbonyl (C=O) groups excluding carboxylic acids is 2. The highest BCUT2D eigenvalue weighted by Gasteiger charge is 2.45. The third-order valence-corrected chi connectivity index (χ3v) is 5.84. The van der Waals surface area contributed by atoms with E-state index in [1.54, 1.807) is 16.2 Å². The molecule has 1 aromatic carbocycles. The lowest BCUT2D eigenvalue weighted by atomic mass is 9.90. The van der Waals surface area contributed by atoms with E-state index in [4.69, 9.17) is 4.74 Å². The molecule has 3 rings (SSSR count). The van der Waals surface area contributed by atoms with Gasteiger partial charge in [0.05, 0.1) is 13.2 Å². The molecule has 6 heteroatoms. The maximum Gasteiger partial charge on any atom is 0.254 e. The lowest BCUT2D eigenvalue weighted by Crippen LogP contribution is -2.62. The Morgan fingerprint density at radius 3 is 2.61 bits per heavy atom. The van der Waals surface area contributed by atoms with Gasteiger partial charge in [-0.3, -0.25) is 9.59 Å². The first-order valence-corrected chi connectivity index (χ1v) is 10.7. The molecule has 0 spiro atoms. The van der Waals surface area contributed by atoms with Crippen molar-refractivity contribution in [1.29, 1.82) is 0 Å². The molecule has 0 aliphatic carbocycles. The molecular weight excluding hydrogens is 372 g/mol. The number of nitrogens with zero attached hydrogens (tertiary/aromatic N) is 1. The molecule has 2 aromatic rings. The molecule has 1 N–H and O–H groups in total. The first-order valence-electron chi connectivity index (χ1n) is 9.79. The van der Waals surface area contributed by atoms with E-state index in [1.807, 2.05) is 39.0 Å². The van der Waals surface area contributed by atoms with Gasteiger partial charge >= 0.3 is 0 Å². The van der Waals surface area contributed by atoms with Crippen molar-refractivity contribution in [3.8, 4) is 10.4 Å². The Morgan fingerprint density at radius 2 is 2.00 bits per heavy atom. The predicted octanol–water partition coefficient (Wildman–Crippen LogP) is 3.49. The number of carbonyl (C=O) groups is 2. The molecule has 0 unspecified atom stereocenters. The Hall–Kier alpha value is -2.18. The van der Waals surface area contributed by atoms with Gasteiger partial charge in [0.25, 0.3) is 5.91 Å². The summed E-state index contributed by atoms with van der Waals surface area (Å²) < 4.78 is 6.06. The predicted molar refractivity (Wildman–Crippen MR) is 112 cm³/mol. The molecule has 2 amide bonds. The third kappa shape index (κ3) is 4.62. The van der Waals surface area contributed by atoms with Crippen LogP contribution < -0.4 is 5.32 Å². The molecule has 1 fully saturated rings. The van der Waals surface area contributed by atoms with Gasteiger partial charge in [-0.15, -0.1) is 11.3 Å². The monoisotopic (exact) mass is 400 g/mol. The van der Waals surface area contributed by atoms with E-state index in [9.17, 15) is 9.59 Å².